The second-order valence-corrected chi connectivity index (χ2v) is 8.19. The highest BCUT2D eigenvalue weighted by Gasteiger charge is 2.23. The Balaban J connectivity index is 1.29. The monoisotopic (exact) mass is 376 g/mol. The van der Waals surface area contributed by atoms with Crippen LogP contribution in [0.4, 0.5) is 4.39 Å². The number of halogens is 1. The standard InChI is InChI=1S/C24H27FN3/c25-19-8-5-17(6-9-19)11-13-28-14-12-26-24(16-28)18-7-10-23-21(15-18)20-3-1-2-4-22(20)27-23/h5-10,15,24,27H,1-4,11-14,16H2. The topological polar surface area (TPSA) is 33.1 Å². The second-order valence-electron chi connectivity index (χ2n) is 8.19. The number of aromatic amines is 1. The van der Waals surface area contributed by atoms with Gasteiger partial charge in [0, 0.05) is 42.8 Å². The molecule has 28 heavy (non-hydrogen) atoms. The number of fused-ring (bicyclic) bond motifs is 3. The maximum Gasteiger partial charge on any atom is 0.123 e. The summed E-state index contributed by atoms with van der Waals surface area (Å²) in [6.45, 7) is 3.87. The number of hydrogen-bond donors (Lipinski definition) is 1. The highest BCUT2D eigenvalue weighted by molar-refractivity contribution is 5.85. The molecular formula is C24H27FN3. The summed E-state index contributed by atoms with van der Waals surface area (Å²) < 4.78 is 13.1. The molecule has 1 radical (unpaired) electrons. The van der Waals surface area contributed by atoms with Crippen LogP contribution in [0, 0.1) is 5.82 Å². The Labute approximate surface area is 165 Å². The lowest BCUT2D eigenvalue weighted by Gasteiger charge is -2.32. The maximum absolute atomic E-state index is 13.1. The first-order chi connectivity index (χ1) is 13.8. The van der Waals surface area contributed by atoms with E-state index in [2.05, 4.69) is 28.1 Å². The molecule has 3 nitrogen and oxygen atoms in total. The zero-order valence-corrected chi connectivity index (χ0v) is 16.3. The van der Waals surface area contributed by atoms with Gasteiger partial charge in [-0.3, -0.25) is 4.90 Å². The smallest absolute Gasteiger partial charge is 0.123 e. The first-order valence-corrected chi connectivity index (χ1v) is 10.5. The predicted octanol–water partition coefficient (Wildman–Crippen LogP) is 4.39. The van der Waals surface area contributed by atoms with E-state index < -0.39 is 0 Å². The van der Waals surface area contributed by atoms with Gasteiger partial charge in [-0.15, -0.1) is 0 Å². The molecule has 0 spiro atoms. The Morgan fingerprint density at radius 3 is 2.82 bits per heavy atom. The summed E-state index contributed by atoms with van der Waals surface area (Å²) in [7, 11) is 0. The zero-order chi connectivity index (χ0) is 18.9. The molecule has 1 aliphatic carbocycles. The van der Waals surface area contributed by atoms with Crippen LogP contribution in [0.5, 0.6) is 0 Å². The van der Waals surface area contributed by atoms with Crippen LogP contribution in [0.15, 0.2) is 42.5 Å². The third-order valence-electron chi connectivity index (χ3n) is 6.33. The van der Waals surface area contributed by atoms with E-state index in [9.17, 15) is 4.39 Å². The fraction of sp³-hybridized carbons (Fsp3) is 0.417. The molecule has 1 fully saturated rings. The second kappa shape index (κ2) is 7.69. The fourth-order valence-corrected chi connectivity index (χ4v) is 4.73. The van der Waals surface area contributed by atoms with Crippen molar-refractivity contribution < 1.29 is 4.39 Å². The number of aryl methyl sites for hydroxylation is 2. The van der Waals surface area contributed by atoms with Gasteiger partial charge in [0.15, 0.2) is 0 Å². The molecule has 1 N–H and O–H groups in total. The summed E-state index contributed by atoms with van der Waals surface area (Å²) >= 11 is 0. The van der Waals surface area contributed by atoms with Crippen LogP contribution < -0.4 is 5.32 Å². The van der Waals surface area contributed by atoms with E-state index in [0.29, 0.717) is 0 Å². The summed E-state index contributed by atoms with van der Waals surface area (Å²) in [4.78, 5) is 6.13. The van der Waals surface area contributed by atoms with E-state index in [1.807, 2.05) is 12.1 Å². The van der Waals surface area contributed by atoms with Crippen LogP contribution in [0.3, 0.4) is 0 Å². The summed E-state index contributed by atoms with van der Waals surface area (Å²) in [5, 5.41) is 6.33. The molecule has 3 aromatic rings. The first kappa shape index (κ1) is 17.9. The van der Waals surface area contributed by atoms with Crippen molar-refractivity contribution in [3.8, 4) is 0 Å². The number of nitrogens with one attached hydrogen (secondary N) is 1. The van der Waals surface area contributed by atoms with Crippen molar-refractivity contribution in [3.63, 3.8) is 0 Å². The molecular weight excluding hydrogens is 349 g/mol. The average molecular weight is 376 g/mol. The van der Waals surface area contributed by atoms with E-state index in [1.165, 1.54) is 59.0 Å². The van der Waals surface area contributed by atoms with Crippen molar-refractivity contribution in [2.45, 2.75) is 38.1 Å². The van der Waals surface area contributed by atoms with Crippen LogP contribution in [0.2, 0.25) is 0 Å². The van der Waals surface area contributed by atoms with Crippen molar-refractivity contribution in [2.75, 3.05) is 26.2 Å². The number of aromatic nitrogens is 1. The summed E-state index contributed by atoms with van der Waals surface area (Å²) in [6, 6.07) is 14.0. The Hall–Kier alpha value is -2.17. The highest BCUT2D eigenvalue weighted by Crippen LogP contribution is 2.31. The molecule has 1 aromatic heterocycles. The fourth-order valence-electron chi connectivity index (χ4n) is 4.73. The molecule has 1 unspecified atom stereocenters. The minimum atomic E-state index is -0.164. The molecule has 0 amide bonds. The van der Waals surface area contributed by atoms with Gasteiger partial charge in [0.05, 0.1) is 6.04 Å². The Bertz CT molecular complexity index is 960. The molecule has 1 saturated heterocycles. The maximum atomic E-state index is 13.1. The van der Waals surface area contributed by atoms with Gasteiger partial charge in [0.25, 0.3) is 0 Å². The van der Waals surface area contributed by atoms with Crippen molar-refractivity contribution in [2.24, 2.45) is 0 Å². The number of rotatable bonds is 4. The summed E-state index contributed by atoms with van der Waals surface area (Å²) in [5.41, 5.74) is 6.79. The van der Waals surface area contributed by atoms with E-state index in [4.69, 9.17) is 5.32 Å². The van der Waals surface area contributed by atoms with Gasteiger partial charge in [0.2, 0.25) is 0 Å². The largest absolute Gasteiger partial charge is 0.358 e. The van der Waals surface area contributed by atoms with Crippen molar-refractivity contribution in [1.29, 1.82) is 0 Å². The predicted molar refractivity (Wildman–Crippen MR) is 111 cm³/mol. The van der Waals surface area contributed by atoms with Crippen molar-refractivity contribution in [3.05, 3.63) is 70.7 Å². The third-order valence-corrected chi connectivity index (χ3v) is 6.33. The van der Waals surface area contributed by atoms with Crippen LogP contribution >= 0.6 is 0 Å². The highest BCUT2D eigenvalue weighted by atomic mass is 19.1. The molecule has 4 heteroatoms. The van der Waals surface area contributed by atoms with Gasteiger partial charge in [0.1, 0.15) is 5.82 Å². The first-order valence-electron chi connectivity index (χ1n) is 10.5. The Morgan fingerprint density at radius 1 is 1.07 bits per heavy atom. The van der Waals surface area contributed by atoms with E-state index in [1.54, 1.807) is 12.1 Å². The number of benzene rings is 2. The van der Waals surface area contributed by atoms with Crippen LogP contribution in [-0.2, 0) is 19.3 Å². The molecule has 2 aliphatic rings. The molecule has 2 heterocycles. The van der Waals surface area contributed by atoms with Gasteiger partial charge >= 0.3 is 0 Å². The quantitative estimate of drug-likeness (QED) is 0.720. The molecule has 5 rings (SSSR count). The van der Waals surface area contributed by atoms with Gasteiger partial charge in [-0.1, -0.05) is 18.2 Å². The van der Waals surface area contributed by atoms with Crippen molar-refractivity contribution >= 4 is 10.9 Å². The zero-order valence-electron chi connectivity index (χ0n) is 16.3. The minimum absolute atomic E-state index is 0.164. The molecule has 0 saturated carbocycles. The molecule has 145 valence electrons. The molecule has 0 bridgehead atoms. The van der Waals surface area contributed by atoms with E-state index >= 15 is 0 Å². The number of piperazine rings is 1. The lowest BCUT2D eigenvalue weighted by atomic mass is 9.94. The van der Waals surface area contributed by atoms with E-state index in [0.717, 1.165) is 32.6 Å². The lowest BCUT2D eigenvalue weighted by Crippen LogP contribution is -2.43. The van der Waals surface area contributed by atoms with Gasteiger partial charge in [-0.05, 0) is 73.1 Å². The normalized spacial score (nSPS) is 20.4. The molecule has 1 atom stereocenters. The van der Waals surface area contributed by atoms with Crippen LogP contribution in [0.1, 0.15) is 41.3 Å². The van der Waals surface area contributed by atoms with E-state index in [-0.39, 0.29) is 11.9 Å². The number of nitrogens with zero attached hydrogens (tertiary/aromatic N) is 2. The number of hydrogen-bond acceptors (Lipinski definition) is 1. The Morgan fingerprint density at radius 2 is 1.93 bits per heavy atom. The Kier molecular flexibility index (Phi) is 4.91. The summed E-state index contributed by atoms with van der Waals surface area (Å²) in [5.74, 6) is -0.164. The van der Waals surface area contributed by atoms with Gasteiger partial charge in [-0.25, -0.2) is 9.71 Å². The summed E-state index contributed by atoms with van der Waals surface area (Å²) in [6.07, 6.45) is 5.94. The van der Waals surface area contributed by atoms with Crippen LogP contribution in [-0.4, -0.2) is 36.1 Å². The lowest BCUT2D eigenvalue weighted by molar-refractivity contribution is 0.199. The average Bonchev–Trinajstić information content (AvgIpc) is 3.11. The SMILES string of the molecule is Fc1ccc(CCN2CC[N]C(c3ccc4[nH]c5c(c4c3)CCCC5)C2)cc1. The van der Waals surface area contributed by atoms with Crippen LogP contribution in [0.25, 0.3) is 10.9 Å². The minimum Gasteiger partial charge on any atom is -0.358 e. The van der Waals surface area contributed by atoms with Gasteiger partial charge in [-0.2, -0.15) is 0 Å². The van der Waals surface area contributed by atoms with Crippen molar-refractivity contribution in [1.82, 2.24) is 15.2 Å². The third kappa shape index (κ3) is 3.59. The molecule has 2 aromatic carbocycles. The number of H-pyrrole nitrogens is 1. The molecule has 1 aliphatic heterocycles. The van der Waals surface area contributed by atoms with Gasteiger partial charge < -0.3 is 4.98 Å².